The highest BCUT2D eigenvalue weighted by atomic mass is 19.1. The number of nitrogens with zero attached hydrogens (tertiary/aromatic N) is 1. The number of anilines is 2. The average molecular weight is 340 g/mol. The lowest BCUT2D eigenvalue weighted by Crippen LogP contribution is -2.28. The molecule has 1 N–H and O–H groups in total. The van der Waals surface area contributed by atoms with Crippen molar-refractivity contribution in [3.05, 3.63) is 59.9 Å². The van der Waals surface area contributed by atoms with Gasteiger partial charge >= 0.3 is 0 Å². The van der Waals surface area contributed by atoms with Gasteiger partial charge in [-0.3, -0.25) is 14.4 Å². The summed E-state index contributed by atoms with van der Waals surface area (Å²) < 4.78 is 13.0. The third-order valence-electron chi connectivity index (χ3n) is 4.17. The zero-order chi connectivity index (χ0) is 18.0. The van der Waals surface area contributed by atoms with Crippen LogP contribution in [0.3, 0.4) is 0 Å². The zero-order valence-corrected chi connectivity index (χ0v) is 13.7. The number of halogens is 1. The highest BCUT2D eigenvalue weighted by Gasteiger charge is 2.35. The van der Waals surface area contributed by atoms with Crippen LogP contribution >= 0.6 is 0 Å². The van der Waals surface area contributed by atoms with E-state index in [-0.39, 0.29) is 36.4 Å². The average Bonchev–Trinajstić information content (AvgIpc) is 2.98. The quantitative estimate of drug-likeness (QED) is 0.870. The molecule has 0 aromatic heterocycles. The van der Waals surface area contributed by atoms with Crippen LogP contribution in [0.25, 0.3) is 0 Å². The maximum absolute atomic E-state index is 13.0. The van der Waals surface area contributed by atoms with Crippen molar-refractivity contribution in [3.63, 3.8) is 0 Å². The Kier molecular flexibility index (Phi) is 4.61. The van der Waals surface area contributed by atoms with E-state index < -0.39 is 5.92 Å². The normalized spacial score (nSPS) is 16.8. The lowest BCUT2D eigenvalue weighted by Gasteiger charge is -2.16. The number of nitrogens with one attached hydrogen (secondary N) is 1. The summed E-state index contributed by atoms with van der Waals surface area (Å²) in [6, 6.07) is 12.3. The van der Waals surface area contributed by atoms with E-state index in [0.29, 0.717) is 16.9 Å². The van der Waals surface area contributed by atoms with E-state index in [1.807, 2.05) is 0 Å². The molecule has 1 fully saturated rings. The molecule has 1 aliphatic rings. The molecule has 5 nitrogen and oxygen atoms in total. The molecule has 6 heteroatoms. The van der Waals surface area contributed by atoms with Crippen molar-refractivity contribution in [1.82, 2.24) is 0 Å². The van der Waals surface area contributed by atoms with Gasteiger partial charge in [0.05, 0.1) is 5.92 Å². The Morgan fingerprint density at radius 3 is 2.56 bits per heavy atom. The predicted octanol–water partition coefficient (Wildman–Crippen LogP) is 3.02. The van der Waals surface area contributed by atoms with Crippen LogP contribution in [0.4, 0.5) is 15.8 Å². The minimum Gasteiger partial charge on any atom is -0.326 e. The summed E-state index contributed by atoms with van der Waals surface area (Å²) in [5.74, 6) is -1.42. The largest absolute Gasteiger partial charge is 0.326 e. The summed E-state index contributed by atoms with van der Waals surface area (Å²) in [6.07, 6.45) is 0.0929. The standard InChI is InChI=1S/C19H17FN2O3/c1-12(23)13-3-2-4-16(9-13)21-19(25)14-10-18(24)22(11-14)17-7-5-15(20)6-8-17/h2-9,14H,10-11H2,1H3,(H,21,25)/t14-/m0/s1. The Balaban J connectivity index is 1.69. The molecule has 2 aromatic carbocycles. The number of ketones is 1. The van der Waals surface area contributed by atoms with Crippen LogP contribution in [0.2, 0.25) is 0 Å². The molecule has 0 aliphatic carbocycles. The molecule has 0 radical (unpaired) electrons. The molecule has 0 unspecified atom stereocenters. The van der Waals surface area contributed by atoms with E-state index in [0.717, 1.165) is 0 Å². The second-order valence-electron chi connectivity index (χ2n) is 6.01. The topological polar surface area (TPSA) is 66.5 Å². The van der Waals surface area contributed by atoms with Gasteiger partial charge < -0.3 is 10.2 Å². The Morgan fingerprint density at radius 2 is 1.88 bits per heavy atom. The van der Waals surface area contributed by atoms with Gasteiger partial charge in [-0.1, -0.05) is 12.1 Å². The lowest BCUT2D eigenvalue weighted by molar-refractivity contribution is -0.122. The van der Waals surface area contributed by atoms with Crippen LogP contribution < -0.4 is 10.2 Å². The molecule has 1 heterocycles. The van der Waals surface area contributed by atoms with Gasteiger partial charge in [0.1, 0.15) is 5.82 Å². The number of amides is 2. The number of benzene rings is 2. The van der Waals surface area contributed by atoms with Crippen LogP contribution in [0.5, 0.6) is 0 Å². The van der Waals surface area contributed by atoms with Gasteiger partial charge in [0.15, 0.2) is 5.78 Å². The van der Waals surface area contributed by atoms with E-state index >= 15 is 0 Å². The number of rotatable bonds is 4. The maximum Gasteiger partial charge on any atom is 0.229 e. The second-order valence-corrected chi connectivity index (χ2v) is 6.01. The van der Waals surface area contributed by atoms with Gasteiger partial charge in [0.2, 0.25) is 11.8 Å². The highest BCUT2D eigenvalue weighted by molar-refractivity contribution is 6.04. The first-order valence-corrected chi connectivity index (χ1v) is 7.92. The van der Waals surface area contributed by atoms with E-state index in [4.69, 9.17) is 0 Å². The number of hydrogen-bond acceptors (Lipinski definition) is 3. The molecule has 25 heavy (non-hydrogen) atoms. The maximum atomic E-state index is 13.0. The summed E-state index contributed by atoms with van der Waals surface area (Å²) in [4.78, 5) is 37.5. The minimum absolute atomic E-state index is 0.0883. The fraction of sp³-hybridized carbons (Fsp3) is 0.211. The van der Waals surface area contributed by atoms with Crippen molar-refractivity contribution in [3.8, 4) is 0 Å². The Hall–Kier alpha value is -3.02. The summed E-state index contributed by atoms with van der Waals surface area (Å²) in [5, 5.41) is 2.75. The zero-order valence-electron chi connectivity index (χ0n) is 13.7. The third-order valence-corrected chi connectivity index (χ3v) is 4.17. The molecule has 128 valence electrons. The van der Waals surface area contributed by atoms with Crippen LogP contribution in [0.15, 0.2) is 48.5 Å². The van der Waals surface area contributed by atoms with Crippen LogP contribution in [0.1, 0.15) is 23.7 Å². The summed E-state index contributed by atoms with van der Waals surface area (Å²) in [7, 11) is 0. The number of carbonyl (C=O) groups excluding carboxylic acids is 3. The van der Waals surface area contributed by atoms with E-state index in [9.17, 15) is 18.8 Å². The van der Waals surface area contributed by atoms with Crippen LogP contribution in [-0.2, 0) is 9.59 Å². The van der Waals surface area contributed by atoms with Crippen LogP contribution in [-0.4, -0.2) is 24.1 Å². The molecule has 1 atom stereocenters. The first-order chi connectivity index (χ1) is 11.9. The smallest absolute Gasteiger partial charge is 0.229 e. The first-order valence-electron chi connectivity index (χ1n) is 7.92. The molecule has 2 aromatic rings. The van der Waals surface area contributed by atoms with Gasteiger partial charge in [-0.15, -0.1) is 0 Å². The van der Waals surface area contributed by atoms with Crippen molar-refractivity contribution in [2.45, 2.75) is 13.3 Å². The molecular weight excluding hydrogens is 323 g/mol. The predicted molar refractivity (Wildman–Crippen MR) is 91.9 cm³/mol. The molecule has 0 saturated carbocycles. The molecule has 1 saturated heterocycles. The minimum atomic E-state index is -0.501. The van der Waals surface area contributed by atoms with Crippen molar-refractivity contribution in [1.29, 1.82) is 0 Å². The molecule has 0 bridgehead atoms. The lowest BCUT2D eigenvalue weighted by atomic mass is 10.1. The molecular formula is C19H17FN2O3. The second kappa shape index (κ2) is 6.84. The fourth-order valence-corrected chi connectivity index (χ4v) is 2.81. The van der Waals surface area contributed by atoms with E-state index in [2.05, 4.69) is 5.32 Å². The highest BCUT2D eigenvalue weighted by Crippen LogP contribution is 2.26. The first kappa shape index (κ1) is 16.8. The summed E-state index contributed by atoms with van der Waals surface area (Å²) >= 11 is 0. The van der Waals surface area contributed by atoms with Gasteiger partial charge in [-0.2, -0.15) is 0 Å². The van der Waals surface area contributed by atoms with Gasteiger partial charge in [0.25, 0.3) is 0 Å². The Morgan fingerprint density at radius 1 is 1.16 bits per heavy atom. The number of Topliss-reactive ketones (excluding diaryl/α,β-unsaturated/α-hetero) is 1. The van der Waals surface area contributed by atoms with Crippen molar-refractivity contribution >= 4 is 29.0 Å². The van der Waals surface area contributed by atoms with E-state index in [1.54, 1.807) is 24.3 Å². The molecule has 2 amide bonds. The van der Waals surface area contributed by atoms with Gasteiger partial charge in [0, 0.05) is 29.9 Å². The van der Waals surface area contributed by atoms with Gasteiger partial charge in [-0.05, 0) is 43.3 Å². The van der Waals surface area contributed by atoms with Gasteiger partial charge in [-0.25, -0.2) is 4.39 Å². The number of carbonyl (C=O) groups is 3. The van der Waals surface area contributed by atoms with Crippen molar-refractivity contribution in [2.75, 3.05) is 16.8 Å². The van der Waals surface area contributed by atoms with Crippen LogP contribution in [0, 0.1) is 11.7 Å². The SMILES string of the molecule is CC(=O)c1cccc(NC(=O)[C@H]2CC(=O)N(c3ccc(F)cc3)C2)c1. The fourth-order valence-electron chi connectivity index (χ4n) is 2.81. The number of hydrogen-bond donors (Lipinski definition) is 1. The Bertz CT molecular complexity index is 833. The molecule has 0 spiro atoms. The van der Waals surface area contributed by atoms with Crippen molar-refractivity contribution < 1.29 is 18.8 Å². The summed E-state index contributed by atoms with van der Waals surface area (Å²) in [6.45, 7) is 1.69. The third kappa shape index (κ3) is 3.74. The molecule has 3 rings (SSSR count). The molecule has 1 aliphatic heterocycles. The Labute approximate surface area is 144 Å². The van der Waals surface area contributed by atoms with Crippen molar-refractivity contribution in [2.24, 2.45) is 5.92 Å². The van der Waals surface area contributed by atoms with E-state index in [1.165, 1.54) is 36.1 Å². The monoisotopic (exact) mass is 340 g/mol. The summed E-state index contributed by atoms with van der Waals surface area (Å²) in [5.41, 5.74) is 1.60.